The van der Waals surface area contributed by atoms with Crippen LogP contribution < -0.4 is 5.32 Å². The third kappa shape index (κ3) is 3.16. The van der Waals surface area contributed by atoms with Crippen molar-refractivity contribution in [2.24, 2.45) is 0 Å². The summed E-state index contributed by atoms with van der Waals surface area (Å²) in [6, 6.07) is 10.7. The Balaban J connectivity index is 1.92. The van der Waals surface area contributed by atoms with Crippen molar-refractivity contribution in [1.82, 2.24) is 5.32 Å². The van der Waals surface area contributed by atoms with Crippen molar-refractivity contribution in [2.45, 2.75) is 26.4 Å². The van der Waals surface area contributed by atoms with Gasteiger partial charge >= 0.3 is 0 Å². The molecule has 0 amide bonds. The van der Waals surface area contributed by atoms with Crippen LogP contribution in [0.5, 0.6) is 0 Å². The highest BCUT2D eigenvalue weighted by atomic mass is 32.1. The van der Waals surface area contributed by atoms with Crippen LogP contribution >= 0.6 is 22.7 Å². The average Bonchev–Trinajstić information content (AvgIpc) is 2.94. The minimum absolute atomic E-state index is 0.362. The van der Waals surface area contributed by atoms with E-state index >= 15 is 0 Å². The Bertz CT molecular complexity index is 534. The molecule has 0 bridgehead atoms. The lowest BCUT2D eigenvalue weighted by Gasteiger charge is -2.10. The summed E-state index contributed by atoms with van der Waals surface area (Å²) < 4.78 is 0. The number of hydrogen-bond acceptors (Lipinski definition) is 4. The fourth-order valence-electron chi connectivity index (χ4n) is 1.57. The van der Waals surface area contributed by atoms with Gasteiger partial charge in [0.2, 0.25) is 0 Å². The number of thiophene rings is 2. The minimum Gasteiger partial charge on any atom is -0.305 e. The van der Waals surface area contributed by atoms with E-state index in [0.29, 0.717) is 6.04 Å². The molecule has 2 nitrogen and oxygen atoms in total. The Labute approximate surface area is 110 Å². The third-order valence-corrected chi connectivity index (χ3v) is 4.72. The van der Waals surface area contributed by atoms with Gasteiger partial charge in [0.25, 0.3) is 0 Å². The van der Waals surface area contributed by atoms with Crippen LogP contribution in [0.4, 0.5) is 0 Å². The fraction of sp³-hybridized carbons (Fsp3) is 0.308. The summed E-state index contributed by atoms with van der Waals surface area (Å²) in [6.45, 7) is 5.12. The molecule has 2 heterocycles. The summed E-state index contributed by atoms with van der Waals surface area (Å²) in [4.78, 5) is 4.69. The molecule has 0 saturated heterocycles. The Morgan fingerprint density at radius 1 is 1.29 bits per heavy atom. The maximum atomic E-state index is 8.75. The van der Waals surface area contributed by atoms with E-state index in [2.05, 4.69) is 37.4 Å². The number of nitrogens with zero attached hydrogens (tertiary/aromatic N) is 1. The van der Waals surface area contributed by atoms with E-state index in [4.69, 9.17) is 5.26 Å². The highest BCUT2D eigenvalue weighted by Gasteiger charge is 2.07. The zero-order chi connectivity index (χ0) is 12.3. The molecule has 1 N–H and O–H groups in total. The van der Waals surface area contributed by atoms with Crippen molar-refractivity contribution in [3.8, 4) is 6.07 Å². The molecule has 0 aliphatic heterocycles. The minimum atomic E-state index is 0.362. The SMILES string of the molecule is Cc1ccc(C(C)NCc2ccc(C#N)s2)s1. The fourth-order valence-corrected chi connectivity index (χ4v) is 3.23. The van der Waals surface area contributed by atoms with Crippen molar-refractivity contribution in [3.63, 3.8) is 0 Å². The number of aryl methyl sites for hydroxylation is 1. The first-order chi connectivity index (χ1) is 8.19. The van der Waals surface area contributed by atoms with Crippen molar-refractivity contribution in [3.05, 3.63) is 43.8 Å². The largest absolute Gasteiger partial charge is 0.305 e. The number of nitriles is 1. The molecule has 0 radical (unpaired) electrons. The van der Waals surface area contributed by atoms with Crippen LogP contribution in [0.25, 0.3) is 0 Å². The molecule has 0 saturated carbocycles. The third-order valence-electron chi connectivity index (χ3n) is 2.54. The van der Waals surface area contributed by atoms with Crippen LogP contribution in [0.2, 0.25) is 0 Å². The quantitative estimate of drug-likeness (QED) is 0.908. The maximum absolute atomic E-state index is 8.75. The summed E-state index contributed by atoms with van der Waals surface area (Å²) in [5.41, 5.74) is 0. The summed E-state index contributed by atoms with van der Waals surface area (Å²) in [5, 5.41) is 12.2. The second kappa shape index (κ2) is 5.46. The molecule has 0 aromatic carbocycles. The zero-order valence-electron chi connectivity index (χ0n) is 9.86. The van der Waals surface area contributed by atoms with Crippen LogP contribution in [-0.4, -0.2) is 0 Å². The molecule has 2 aromatic rings. The van der Waals surface area contributed by atoms with Gasteiger partial charge in [0, 0.05) is 27.2 Å². The summed E-state index contributed by atoms with van der Waals surface area (Å²) in [7, 11) is 0. The second-order valence-electron chi connectivity index (χ2n) is 3.93. The Kier molecular flexibility index (Phi) is 3.95. The Morgan fingerprint density at radius 2 is 2.12 bits per heavy atom. The lowest BCUT2D eigenvalue weighted by molar-refractivity contribution is 0.587. The smallest absolute Gasteiger partial charge is 0.110 e. The van der Waals surface area contributed by atoms with Gasteiger partial charge in [-0.2, -0.15) is 5.26 Å². The van der Waals surface area contributed by atoms with E-state index in [9.17, 15) is 0 Å². The molecular weight excluding hydrogens is 248 g/mol. The van der Waals surface area contributed by atoms with Gasteiger partial charge in [0.15, 0.2) is 0 Å². The van der Waals surface area contributed by atoms with Crippen molar-refractivity contribution in [1.29, 1.82) is 5.26 Å². The first-order valence-electron chi connectivity index (χ1n) is 5.47. The lowest BCUT2D eigenvalue weighted by Crippen LogP contribution is -2.16. The van der Waals surface area contributed by atoms with Crippen LogP contribution in [0, 0.1) is 18.3 Å². The number of rotatable bonds is 4. The van der Waals surface area contributed by atoms with E-state index < -0.39 is 0 Å². The normalized spacial score (nSPS) is 12.3. The molecule has 88 valence electrons. The Hall–Kier alpha value is -1.15. The zero-order valence-corrected chi connectivity index (χ0v) is 11.5. The summed E-state index contributed by atoms with van der Waals surface area (Å²) in [6.07, 6.45) is 0. The molecule has 2 aromatic heterocycles. The van der Waals surface area contributed by atoms with Crippen LogP contribution in [0.15, 0.2) is 24.3 Å². The lowest BCUT2D eigenvalue weighted by atomic mass is 10.2. The summed E-state index contributed by atoms with van der Waals surface area (Å²) >= 11 is 3.38. The van der Waals surface area contributed by atoms with Gasteiger partial charge < -0.3 is 5.32 Å². The standard InChI is InChI=1S/C13H14N2S2/c1-9-3-6-13(16-9)10(2)15-8-12-5-4-11(7-14)17-12/h3-6,10,15H,8H2,1-2H3. The first-order valence-corrected chi connectivity index (χ1v) is 7.11. The molecule has 1 unspecified atom stereocenters. The topological polar surface area (TPSA) is 35.8 Å². The van der Waals surface area contributed by atoms with Crippen molar-refractivity contribution >= 4 is 22.7 Å². The predicted octanol–water partition coefficient (Wildman–Crippen LogP) is 3.84. The molecule has 2 rings (SSSR count). The van der Waals surface area contributed by atoms with Gasteiger partial charge in [-0.15, -0.1) is 22.7 Å². The molecule has 0 aliphatic carbocycles. The van der Waals surface area contributed by atoms with Crippen molar-refractivity contribution < 1.29 is 0 Å². The highest BCUT2D eigenvalue weighted by molar-refractivity contribution is 7.12. The van der Waals surface area contributed by atoms with E-state index in [1.807, 2.05) is 23.5 Å². The highest BCUT2D eigenvalue weighted by Crippen LogP contribution is 2.23. The van der Waals surface area contributed by atoms with Gasteiger partial charge in [0.1, 0.15) is 10.9 Å². The van der Waals surface area contributed by atoms with E-state index in [1.54, 1.807) is 11.3 Å². The molecule has 17 heavy (non-hydrogen) atoms. The molecule has 0 fully saturated rings. The molecule has 0 spiro atoms. The van der Waals surface area contributed by atoms with E-state index in [0.717, 1.165) is 11.4 Å². The van der Waals surface area contributed by atoms with Gasteiger partial charge in [-0.3, -0.25) is 0 Å². The second-order valence-corrected chi connectivity index (χ2v) is 6.42. The van der Waals surface area contributed by atoms with Gasteiger partial charge in [-0.25, -0.2) is 0 Å². The summed E-state index contributed by atoms with van der Waals surface area (Å²) in [5.74, 6) is 0. The van der Waals surface area contributed by atoms with Gasteiger partial charge in [0.05, 0.1) is 0 Å². The maximum Gasteiger partial charge on any atom is 0.110 e. The van der Waals surface area contributed by atoms with Crippen LogP contribution in [0.3, 0.4) is 0 Å². The predicted molar refractivity (Wildman–Crippen MR) is 73.3 cm³/mol. The Morgan fingerprint density at radius 3 is 2.71 bits per heavy atom. The molecule has 1 atom stereocenters. The molecular formula is C13H14N2S2. The van der Waals surface area contributed by atoms with Gasteiger partial charge in [-0.1, -0.05) is 0 Å². The number of hydrogen-bond donors (Lipinski definition) is 1. The van der Waals surface area contributed by atoms with Crippen molar-refractivity contribution in [2.75, 3.05) is 0 Å². The molecule has 4 heteroatoms. The van der Waals surface area contributed by atoms with Gasteiger partial charge in [-0.05, 0) is 38.1 Å². The van der Waals surface area contributed by atoms with Crippen LogP contribution in [-0.2, 0) is 6.54 Å². The number of nitrogens with one attached hydrogen (secondary N) is 1. The van der Waals surface area contributed by atoms with E-state index in [-0.39, 0.29) is 0 Å². The van der Waals surface area contributed by atoms with E-state index in [1.165, 1.54) is 14.6 Å². The molecule has 0 aliphatic rings. The average molecular weight is 262 g/mol. The van der Waals surface area contributed by atoms with Crippen LogP contribution in [0.1, 0.15) is 32.5 Å². The monoisotopic (exact) mass is 262 g/mol. The first kappa shape index (κ1) is 12.3.